The van der Waals surface area contributed by atoms with E-state index in [-0.39, 0.29) is 28.6 Å². The number of alkyl halides is 2. The summed E-state index contributed by atoms with van der Waals surface area (Å²) in [6.07, 6.45) is 6.09. The van der Waals surface area contributed by atoms with Crippen molar-refractivity contribution in [3.05, 3.63) is 0 Å². The van der Waals surface area contributed by atoms with Gasteiger partial charge in [0.1, 0.15) is 0 Å². The summed E-state index contributed by atoms with van der Waals surface area (Å²) in [7, 11) is -1.19. The lowest BCUT2D eigenvalue weighted by Gasteiger charge is -2.51. The molecule has 41 heavy (non-hydrogen) atoms. The predicted octanol–water partition coefficient (Wildman–Crippen LogP) is 3.03. The van der Waals surface area contributed by atoms with Gasteiger partial charge in [0.25, 0.3) is 0 Å². The minimum atomic E-state index is -3.37. The van der Waals surface area contributed by atoms with E-state index in [9.17, 15) is 13.2 Å². The summed E-state index contributed by atoms with van der Waals surface area (Å²) in [4.78, 5) is 13.8. The molecule has 3 fully saturated rings. The third-order valence-electron chi connectivity index (χ3n) is 8.74. The van der Waals surface area contributed by atoms with Crippen LogP contribution in [-0.4, -0.2) is 115 Å². The Kier molecular flexibility index (Phi) is 15.8. The molecule has 1 heterocycles. The van der Waals surface area contributed by atoms with Gasteiger partial charge in [0.2, 0.25) is 10.0 Å². The fourth-order valence-corrected chi connectivity index (χ4v) is 9.17. The van der Waals surface area contributed by atoms with E-state index in [2.05, 4.69) is 27.3 Å². The summed E-state index contributed by atoms with van der Waals surface area (Å²) >= 11 is 13.3. The van der Waals surface area contributed by atoms with Crippen LogP contribution in [0, 0.1) is 23.7 Å². The predicted molar refractivity (Wildman–Crippen MR) is 163 cm³/mol. The maximum Gasteiger partial charge on any atom is 0.314 e. The van der Waals surface area contributed by atoms with Crippen LogP contribution < -0.4 is 15.4 Å². The van der Waals surface area contributed by atoms with Gasteiger partial charge >= 0.3 is 6.03 Å². The summed E-state index contributed by atoms with van der Waals surface area (Å²) in [5, 5.41) is 5.39. The van der Waals surface area contributed by atoms with Gasteiger partial charge in [0.05, 0.1) is 44.9 Å². The quantitative estimate of drug-likeness (QED) is 0.165. The van der Waals surface area contributed by atoms with Crippen molar-refractivity contribution in [1.29, 1.82) is 0 Å². The van der Waals surface area contributed by atoms with Crippen LogP contribution in [0.25, 0.3) is 0 Å². The first-order chi connectivity index (χ1) is 19.7. The number of hydrogen-bond acceptors (Lipinski definition) is 7. The standard InChI is InChI=1S/C28H52Cl2N4O6S/c1-3-8-31-28(35)32-9-11-38-13-15-40-16-14-39-12-10-33-41(36,37)23-6-4-21(5-7-23)25-19-34(2)20-26-24(25)17-22(29)18-27(26)30/h21-27,33H,3-20H2,1-2H3,(H2,31,32,35). The van der Waals surface area contributed by atoms with E-state index in [0.717, 1.165) is 45.2 Å². The zero-order valence-electron chi connectivity index (χ0n) is 24.8. The highest BCUT2D eigenvalue weighted by atomic mass is 35.5. The number of halogens is 2. The normalized spacial score (nSPS) is 31.0. The molecule has 2 amide bonds. The van der Waals surface area contributed by atoms with Gasteiger partial charge in [-0.15, -0.1) is 23.2 Å². The highest BCUT2D eigenvalue weighted by Gasteiger charge is 2.47. The van der Waals surface area contributed by atoms with E-state index in [1.807, 2.05) is 6.92 Å². The second kappa shape index (κ2) is 18.4. The molecule has 0 bridgehead atoms. The number of urea groups is 1. The molecule has 3 N–H and O–H groups in total. The molecule has 1 saturated heterocycles. The molecule has 0 aromatic rings. The summed E-state index contributed by atoms with van der Waals surface area (Å²) in [5.74, 6) is 2.10. The Morgan fingerprint density at radius 3 is 2.05 bits per heavy atom. The minimum Gasteiger partial charge on any atom is -0.378 e. The van der Waals surface area contributed by atoms with Gasteiger partial charge in [-0.25, -0.2) is 17.9 Å². The number of carbonyl (C=O) groups excluding carboxylic acids is 1. The number of nitrogens with one attached hydrogen (secondary N) is 3. The topological polar surface area (TPSA) is 118 Å². The molecule has 0 aromatic heterocycles. The van der Waals surface area contributed by atoms with Crippen LogP contribution in [0.15, 0.2) is 0 Å². The van der Waals surface area contributed by atoms with E-state index in [1.54, 1.807) is 0 Å². The molecule has 13 heteroatoms. The lowest BCUT2D eigenvalue weighted by atomic mass is 9.63. The number of piperidine rings is 1. The monoisotopic (exact) mass is 642 g/mol. The molecule has 2 saturated carbocycles. The van der Waals surface area contributed by atoms with E-state index in [4.69, 9.17) is 37.4 Å². The van der Waals surface area contributed by atoms with Crippen molar-refractivity contribution >= 4 is 39.3 Å². The number of hydrogen-bond donors (Lipinski definition) is 3. The summed E-state index contributed by atoms with van der Waals surface area (Å²) < 4.78 is 45.0. The van der Waals surface area contributed by atoms with Crippen LogP contribution in [0.4, 0.5) is 4.79 Å². The van der Waals surface area contributed by atoms with Gasteiger partial charge in [-0.3, -0.25) is 0 Å². The lowest BCUT2D eigenvalue weighted by molar-refractivity contribution is 0.0108. The zero-order valence-corrected chi connectivity index (χ0v) is 27.2. The fraction of sp³-hybridized carbons (Fsp3) is 0.964. The molecule has 10 nitrogen and oxygen atoms in total. The van der Waals surface area contributed by atoms with Crippen molar-refractivity contribution in [2.45, 2.75) is 67.9 Å². The third kappa shape index (κ3) is 11.9. The number of sulfonamides is 1. The average molecular weight is 644 g/mol. The van der Waals surface area contributed by atoms with Crippen LogP contribution in [0.5, 0.6) is 0 Å². The first-order valence-electron chi connectivity index (χ1n) is 15.4. The van der Waals surface area contributed by atoms with Crippen molar-refractivity contribution in [2.24, 2.45) is 23.7 Å². The van der Waals surface area contributed by atoms with E-state index in [0.29, 0.717) is 89.2 Å². The molecule has 5 atom stereocenters. The van der Waals surface area contributed by atoms with Gasteiger partial charge in [0.15, 0.2) is 0 Å². The van der Waals surface area contributed by atoms with Gasteiger partial charge in [-0.1, -0.05) is 6.92 Å². The number of carbonyl (C=O) groups is 1. The summed E-state index contributed by atoms with van der Waals surface area (Å²) in [6, 6.07) is -0.185. The van der Waals surface area contributed by atoms with Crippen LogP contribution in [0.1, 0.15) is 51.9 Å². The van der Waals surface area contributed by atoms with Crippen molar-refractivity contribution < 1.29 is 27.4 Å². The van der Waals surface area contributed by atoms with Crippen molar-refractivity contribution in [3.63, 3.8) is 0 Å². The SMILES string of the molecule is CCCNC(=O)NCCOCCOCCOCCNS(=O)(=O)C1CCC(C2CN(C)CC3C(Cl)CC(Cl)CC32)CC1. The number of rotatable bonds is 17. The molecule has 1 aliphatic heterocycles. The van der Waals surface area contributed by atoms with Gasteiger partial charge in [-0.05, 0) is 75.7 Å². The Balaban J connectivity index is 1.22. The second-order valence-corrected chi connectivity index (χ2v) is 15.0. The second-order valence-electron chi connectivity index (χ2n) is 11.8. The highest BCUT2D eigenvalue weighted by molar-refractivity contribution is 7.90. The lowest BCUT2D eigenvalue weighted by Crippen LogP contribution is -2.53. The number of ether oxygens (including phenoxy) is 3. The summed E-state index contributed by atoms with van der Waals surface area (Å²) in [5.41, 5.74) is 0. The Hall–Kier alpha value is -0.400. The van der Waals surface area contributed by atoms with Gasteiger partial charge in [-0.2, -0.15) is 0 Å². The molecule has 3 aliphatic rings. The maximum absolute atomic E-state index is 12.9. The van der Waals surface area contributed by atoms with Crippen molar-refractivity contribution in [3.8, 4) is 0 Å². The van der Waals surface area contributed by atoms with Crippen LogP contribution >= 0.6 is 23.2 Å². The largest absolute Gasteiger partial charge is 0.378 e. The minimum absolute atomic E-state index is 0.134. The Labute approximate surface area is 257 Å². The zero-order chi connectivity index (χ0) is 29.7. The molecule has 2 aliphatic carbocycles. The average Bonchev–Trinajstić information content (AvgIpc) is 2.94. The van der Waals surface area contributed by atoms with Crippen molar-refractivity contribution in [2.75, 3.05) is 79.4 Å². The number of likely N-dealkylation sites (tertiary alicyclic amines) is 1. The van der Waals surface area contributed by atoms with Crippen LogP contribution in [-0.2, 0) is 24.2 Å². The third-order valence-corrected chi connectivity index (χ3v) is 11.6. The number of nitrogens with zero attached hydrogens (tertiary/aromatic N) is 1. The van der Waals surface area contributed by atoms with Crippen LogP contribution in [0.2, 0.25) is 0 Å². The molecular formula is C28H52Cl2N4O6S. The molecule has 240 valence electrons. The van der Waals surface area contributed by atoms with Gasteiger partial charge < -0.3 is 29.7 Å². The Morgan fingerprint density at radius 1 is 0.805 bits per heavy atom. The highest BCUT2D eigenvalue weighted by Crippen LogP contribution is 2.48. The maximum atomic E-state index is 12.9. The summed E-state index contributed by atoms with van der Waals surface area (Å²) in [6.45, 7) is 7.82. The first-order valence-corrected chi connectivity index (χ1v) is 17.8. The molecular weight excluding hydrogens is 591 g/mol. The van der Waals surface area contributed by atoms with Crippen molar-refractivity contribution in [1.82, 2.24) is 20.3 Å². The molecule has 0 spiro atoms. The number of fused-ring (bicyclic) bond motifs is 1. The van der Waals surface area contributed by atoms with Gasteiger partial charge in [0, 0.05) is 43.5 Å². The molecule has 0 aromatic carbocycles. The smallest absolute Gasteiger partial charge is 0.314 e. The Bertz CT molecular complexity index is 865. The fourth-order valence-electron chi connectivity index (χ4n) is 6.70. The van der Waals surface area contributed by atoms with E-state index in [1.165, 1.54) is 0 Å². The van der Waals surface area contributed by atoms with Crippen LogP contribution in [0.3, 0.4) is 0 Å². The molecule has 0 radical (unpaired) electrons. The Morgan fingerprint density at radius 2 is 1.39 bits per heavy atom. The first kappa shape index (κ1) is 35.1. The molecule has 3 rings (SSSR count). The van der Waals surface area contributed by atoms with E-state index >= 15 is 0 Å². The van der Waals surface area contributed by atoms with E-state index < -0.39 is 10.0 Å². The molecule has 5 unspecified atom stereocenters. The number of amides is 2.